The van der Waals surface area contributed by atoms with Crippen LogP contribution >= 0.6 is 15.9 Å². The Kier molecular flexibility index (Phi) is 6.47. The molecule has 158 valence electrons. The highest BCUT2D eigenvalue weighted by molar-refractivity contribution is 9.10. The summed E-state index contributed by atoms with van der Waals surface area (Å²) >= 11 is 3.38. The summed E-state index contributed by atoms with van der Waals surface area (Å²) in [4.78, 5) is 27.2. The lowest BCUT2D eigenvalue weighted by Gasteiger charge is -2.35. The van der Waals surface area contributed by atoms with Gasteiger partial charge in [-0.1, -0.05) is 45.8 Å². The van der Waals surface area contributed by atoms with E-state index >= 15 is 0 Å². The molecule has 0 amide bonds. The molecule has 3 rings (SSSR count). The van der Waals surface area contributed by atoms with E-state index in [1.54, 1.807) is 36.4 Å². The topological polar surface area (TPSA) is 106 Å². The van der Waals surface area contributed by atoms with Gasteiger partial charge in [0.25, 0.3) is 0 Å². The first-order valence-electron chi connectivity index (χ1n) is 9.26. The summed E-state index contributed by atoms with van der Waals surface area (Å²) in [7, 11) is 2.43. The third kappa shape index (κ3) is 4.05. The molecule has 0 saturated heterocycles. The van der Waals surface area contributed by atoms with Crippen LogP contribution in [0.5, 0.6) is 0 Å². The first-order valence-corrected chi connectivity index (χ1v) is 10.1. The highest BCUT2D eigenvalue weighted by atomic mass is 79.9. The molecule has 1 heterocycles. The van der Waals surface area contributed by atoms with E-state index in [-0.39, 0.29) is 22.7 Å². The summed E-state index contributed by atoms with van der Waals surface area (Å²) in [6, 6.07) is 16.3. The minimum absolute atomic E-state index is 0.0250. The highest BCUT2D eigenvalue weighted by Gasteiger charge is 2.42. The molecule has 8 heteroatoms. The second-order valence-electron chi connectivity index (χ2n) is 6.81. The van der Waals surface area contributed by atoms with Crippen LogP contribution in [-0.4, -0.2) is 26.2 Å². The van der Waals surface area contributed by atoms with Crippen LogP contribution in [-0.2, 0) is 19.1 Å². The van der Waals surface area contributed by atoms with Crippen LogP contribution in [0.4, 0.5) is 5.69 Å². The Labute approximate surface area is 188 Å². The van der Waals surface area contributed by atoms with Crippen molar-refractivity contribution < 1.29 is 19.1 Å². The number of nitriles is 1. The number of methoxy groups -OCH3 is 2. The molecular weight excluding hydrogens is 462 g/mol. The lowest BCUT2D eigenvalue weighted by molar-refractivity contribution is -0.139. The molecule has 2 aromatic carbocycles. The molecular formula is C23H20BrN3O4. The van der Waals surface area contributed by atoms with Gasteiger partial charge in [0, 0.05) is 10.2 Å². The summed E-state index contributed by atoms with van der Waals surface area (Å²) in [5.41, 5.74) is 8.53. The maximum absolute atomic E-state index is 13.0. The van der Waals surface area contributed by atoms with E-state index in [4.69, 9.17) is 15.2 Å². The minimum Gasteiger partial charge on any atom is -0.466 e. The highest BCUT2D eigenvalue weighted by Crippen LogP contribution is 2.43. The number of esters is 2. The summed E-state index contributed by atoms with van der Waals surface area (Å²) in [5.74, 6) is -2.40. The van der Waals surface area contributed by atoms with Crippen molar-refractivity contribution in [3.05, 3.63) is 86.8 Å². The molecule has 1 aliphatic heterocycles. The van der Waals surface area contributed by atoms with Gasteiger partial charge in [-0.2, -0.15) is 5.26 Å². The fourth-order valence-electron chi connectivity index (χ4n) is 3.49. The van der Waals surface area contributed by atoms with Gasteiger partial charge >= 0.3 is 11.9 Å². The molecule has 0 aliphatic carbocycles. The Morgan fingerprint density at radius 3 is 2.13 bits per heavy atom. The van der Waals surface area contributed by atoms with E-state index in [2.05, 4.69) is 22.0 Å². The third-order valence-electron chi connectivity index (χ3n) is 4.97. The largest absolute Gasteiger partial charge is 0.466 e. The number of hydrogen-bond acceptors (Lipinski definition) is 7. The van der Waals surface area contributed by atoms with E-state index < -0.39 is 17.9 Å². The van der Waals surface area contributed by atoms with Crippen molar-refractivity contribution in [1.82, 2.24) is 0 Å². The van der Waals surface area contributed by atoms with Crippen molar-refractivity contribution in [1.29, 1.82) is 5.26 Å². The van der Waals surface area contributed by atoms with Crippen molar-refractivity contribution in [3.8, 4) is 6.07 Å². The molecule has 31 heavy (non-hydrogen) atoms. The first kappa shape index (κ1) is 22.1. The van der Waals surface area contributed by atoms with Crippen molar-refractivity contribution in [3.63, 3.8) is 0 Å². The second-order valence-corrected chi connectivity index (χ2v) is 7.73. The van der Waals surface area contributed by atoms with Gasteiger partial charge in [0.1, 0.15) is 11.5 Å². The zero-order valence-corrected chi connectivity index (χ0v) is 18.8. The molecule has 0 unspecified atom stereocenters. The molecule has 0 radical (unpaired) electrons. The number of rotatable bonds is 4. The SMILES string of the molecule is COC(=O)C1=C(C(=O)OC)N(c2ccc(C)cc2)C(N)=C(C#N)[C@H]1c1ccc(Br)cc1. The minimum atomic E-state index is -0.902. The van der Waals surface area contributed by atoms with E-state index in [0.717, 1.165) is 10.0 Å². The van der Waals surface area contributed by atoms with Crippen LogP contribution in [0.3, 0.4) is 0 Å². The lowest BCUT2D eigenvalue weighted by atomic mass is 9.81. The number of nitrogens with zero attached hydrogens (tertiary/aromatic N) is 2. The van der Waals surface area contributed by atoms with Gasteiger partial charge in [-0.25, -0.2) is 9.59 Å². The number of ether oxygens (including phenoxy) is 2. The summed E-state index contributed by atoms with van der Waals surface area (Å²) in [6.45, 7) is 1.92. The summed E-state index contributed by atoms with van der Waals surface area (Å²) < 4.78 is 10.8. The van der Waals surface area contributed by atoms with Crippen LogP contribution in [0.25, 0.3) is 0 Å². The number of benzene rings is 2. The molecule has 2 aromatic rings. The maximum Gasteiger partial charge on any atom is 0.355 e. The third-order valence-corrected chi connectivity index (χ3v) is 5.50. The molecule has 0 spiro atoms. The Morgan fingerprint density at radius 2 is 1.61 bits per heavy atom. The zero-order valence-electron chi connectivity index (χ0n) is 17.2. The number of hydrogen-bond donors (Lipinski definition) is 1. The summed E-state index contributed by atoms with van der Waals surface area (Å²) in [5, 5.41) is 10.00. The monoisotopic (exact) mass is 481 g/mol. The zero-order chi connectivity index (χ0) is 22.7. The van der Waals surface area contributed by atoms with Gasteiger partial charge in [-0.05, 0) is 36.8 Å². The summed E-state index contributed by atoms with van der Waals surface area (Å²) in [6.07, 6.45) is 0. The molecule has 0 fully saturated rings. The average Bonchev–Trinajstić information content (AvgIpc) is 2.78. The van der Waals surface area contributed by atoms with Crippen LogP contribution < -0.4 is 10.6 Å². The number of allylic oxidation sites excluding steroid dienone is 1. The smallest absolute Gasteiger partial charge is 0.355 e. The van der Waals surface area contributed by atoms with Crippen molar-refractivity contribution in [2.24, 2.45) is 5.73 Å². The Morgan fingerprint density at radius 1 is 1.03 bits per heavy atom. The maximum atomic E-state index is 13.0. The fourth-order valence-corrected chi connectivity index (χ4v) is 3.75. The quantitative estimate of drug-likeness (QED) is 0.664. The number of carbonyl (C=O) groups excluding carboxylic acids is 2. The standard InChI is InChI=1S/C23H20BrN3O4/c1-13-4-10-16(11-5-13)27-20(23(29)31-3)19(22(28)30-2)18(17(12-25)21(27)26)14-6-8-15(24)9-7-14/h4-11,18H,26H2,1-3H3/t18-/m1/s1. The molecule has 1 atom stereocenters. The molecule has 7 nitrogen and oxygen atoms in total. The molecule has 0 bridgehead atoms. The molecule has 0 aromatic heterocycles. The van der Waals surface area contributed by atoms with Gasteiger partial charge < -0.3 is 15.2 Å². The number of carbonyl (C=O) groups is 2. The van der Waals surface area contributed by atoms with Crippen molar-refractivity contribution >= 4 is 33.6 Å². The Bertz CT molecular complexity index is 1130. The van der Waals surface area contributed by atoms with E-state index in [9.17, 15) is 14.9 Å². The lowest BCUT2D eigenvalue weighted by Crippen LogP contribution is -2.40. The predicted octanol–water partition coefficient (Wildman–Crippen LogP) is 3.66. The van der Waals surface area contributed by atoms with Crippen LogP contribution in [0.15, 0.2) is 75.7 Å². The fraction of sp³-hybridized carbons (Fsp3) is 0.174. The van der Waals surface area contributed by atoms with E-state index in [0.29, 0.717) is 11.3 Å². The van der Waals surface area contributed by atoms with E-state index in [1.165, 1.54) is 19.1 Å². The van der Waals surface area contributed by atoms with Crippen molar-refractivity contribution in [2.45, 2.75) is 12.8 Å². The Balaban J connectivity index is 2.39. The van der Waals surface area contributed by atoms with Gasteiger partial charge in [0.05, 0.1) is 37.4 Å². The van der Waals surface area contributed by atoms with Crippen molar-refractivity contribution in [2.75, 3.05) is 19.1 Å². The average molecular weight is 482 g/mol. The normalized spacial score (nSPS) is 16.1. The number of halogens is 1. The number of anilines is 1. The van der Waals surface area contributed by atoms with Crippen LogP contribution in [0, 0.1) is 18.3 Å². The van der Waals surface area contributed by atoms with Gasteiger partial charge in [-0.3, -0.25) is 4.90 Å². The van der Waals surface area contributed by atoms with E-state index in [1.807, 2.05) is 19.1 Å². The number of nitrogens with two attached hydrogens (primary N) is 1. The Hall–Kier alpha value is -3.57. The first-order chi connectivity index (χ1) is 14.8. The predicted molar refractivity (Wildman–Crippen MR) is 118 cm³/mol. The number of aryl methyl sites for hydroxylation is 1. The molecule has 2 N–H and O–H groups in total. The van der Waals surface area contributed by atoms with Gasteiger partial charge in [0.15, 0.2) is 0 Å². The molecule has 0 saturated carbocycles. The van der Waals surface area contributed by atoms with Crippen LogP contribution in [0.2, 0.25) is 0 Å². The molecule has 1 aliphatic rings. The van der Waals surface area contributed by atoms with Gasteiger partial charge in [-0.15, -0.1) is 0 Å². The van der Waals surface area contributed by atoms with Gasteiger partial charge in [0.2, 0.25) is 0 Å². The van der Waals surface area contributed by atoms with Crippen LogP contribution in [0.1, 0.15) is 17.0 Å². The second kappa shape index (κ2) is 9.06.